The zero-order valence-electron chi connectivity index (χ0n) is 13.0. The first-order valence-electron chi connectivity index (χ1n) is 7.06. The van der Waals surface area contributed by atoms with Gasteiger partial charge in [0.25, 0.3) is 0 Å². The Bertz CT molecular complexity index is 821. The number of hydrogen-bond acceptors (Lipinski definition) is 4. The highest BCUT2D eigenvalue weighted by atomic mass is 32.2. The average molecular weight is 348 g/mol. The maximum Gasteiger partial charge on any atom is 0.372 e. The normalized spacial score (nSPS) is 12.2. The maximum atomic E-state index is 12.3. The molecule has 0 amide bonds. The number of sulfonamides is 1. The minimum atomic E-state index is -3.76. The quantitative estimate of drug-likeness (QED) is 0.309. The van der Waals surface area contributed by atoms with Crippen molar-refractivity contribution in [3.63, 3.8) is 0 Å². The Kier molecular flexibility index (Phi) is 5.67. The van der Waals surface area contributed by atoms with E-state index in [1.54, 1.807) is 42.5 Å². The summed E-state index contributed by atoms with van der Waals surface area (Å²) in [6.07, 6.45) is 0. The standard InChI is InChI=1S/C16H17N3O4S/c1-19(24(21,22)14-10-6-3-7-11-14)12-15(20)23-18-16(17)13-8-4-2-5-9-13/h2-11H,12H2,1H3,(H2,17,18)/p+1. The van der Waals surface area contributed by atoms with Gasteiger partial charge in [0.15, 0.2) is 0 Å². The Hall–Kier alpha value is -2.71. The van der Waals surface area contributed by atoms with Crippen molar-refractivity contribution < 1.29 is 23.2 Å². The number of hydrogen-bond donors (Lipinski definition) is 2. The van der Waals surface area contributed by atoms with Crippen LogP contribution in [0.1, 0.15) is 5.56 Å². The van der Waals surface area contributed by atoms with E-state index in [9.17, 15) is 13.2 Å². The third-order valence-electron chi connectivity index (χ3n) is 3.16. The number of nitrogens with zero attached hydrogens (tertiary/aromatic N) is 1. The summed E-state index contributed by atoms with van der Waals surface area (Å²) >= 11 is 0. The number of benzene rings is 2. The molecule has 0 saturated heterocycles. The molecule has 3 N–H and O–H groups in total. The van der Waals surface area contributed by atoms with E-state index in [0.717, 1.165) is 4.31 Å². The van der Waals surface area contributed by atoms with Crippen LogP contribution in [0.4, 0.5) is 0 Å². The van der Waals surface area contributed by atoms with Crippen LogP contribution in [0.3, 0.4) is 0 Å². The molecule has 0 atom stereocenters. The van der Waals surface area contributed by atoms with Gasteiger partial charge in [0.1, 0.15) is 6.54 Å². The van der Waals surface area contributed by atoms with Gasteiger partial charge in [-0.3, -0.25) is 10.6 Å². The van der Waals surface area contributed by atoms with Crippen molar-refractivity contribution in [2.24, 2.45) is 5.73 Å². The van der Waals surface area contributed by atoms with Crippen LogP contribution in [0.2, 0.25) is 0 Å². The first-order chi connectivity index (χ1) is 11.4. The maximum absolute atomic E-state index is 12.3. The van der Waals surface area contributed by atoms with Crippen molar-refractivity contribution >= 4 is 21.8 Å². The topological polar surface area (TPSA) is 104 Å². The first kappa shape index (κ1) is 17.6. The van der Waals surface area contributed by atoms with E-state index >= 15 is 0 Å². The third kappa shape index (κ3) is 4.40. The van der Waals surface area contributed by atoms with Gasteiger partial charge < -0.3 is 0 Å². The van der Waals surface area contributed by atoms with Crippen LogP contribution in [0, 0.1) is 0 Å². The van der Waals surface area contributed by atoms with Crippen molar-refractivity contribution in [1.82, 2.24) is 4.31 Å². The van der Waals surface area contributed by atoms with Gasteiger partial charge >= 0.3 is 11.8 Å². The van der Waals surface area contributed by atoms with Gasteiger partial charge in [0.2, 0.25) is 10.0 Å². The SMILES string of the molecule is CN(CC(=O)O[NH+]=C(N)c1ccccc1)S(=O)(=O)c1ccccc1. The lowest BCUT2D eigenvalue weighted by atomic mass is 10.2. The molecule has 2 aromatic rings. The Morgan fingerprint density at radius 1 is 1.08 bits per heavy atom. The van der Waals surface area contributed by atoms with Gasteiger partial charge in [-0.1, -0.05) is 41.6 Å². The molecule has 126 valence electrons. The predicted molar refractivity (Wildman–Crippen MR) is 88.1 cm³/mol. The number of amidine groups is 1. The van der Waals surface area contributed by atoms with E-state index in [4.69, 9.17) is 10.6 Å². The molecule has 24 heavy (non-hydrogen) atoms. The summed E-state index contributed by atoms with van der Waals surface area (Å²) < 4.78 is 25.5. The van der Waals surface area contributed by atoms with E-state index in [0.29, 0.717) is 5.56 Å². The smallest absolute Gasteiger partial charge is 0.284 e. The Morgan fingerprint density at radius 3 is 2.21 bits per heavy atom. The molecular formula is C16H18N3O4S+. The summed E-state index contributed by atoms with van der Waals surface area (Å²) in [6, 6.07) is 16.7. The molecular weight excluding hydrogens is 330 g/mol. The molecule has 0 radical (unpaired) electrons. The van der Waals surface area contributed by atoms with Gasteiger partial charge in [-0.25, -0.2) is 13.2 Å². The molecule has 0 saturated carbocycles. The minimum absolute atomic E-state index is 0.101. The molecule has 0 aromatic heterocycles. The van der Waals surface area contributed by atoms with Crippen LogP contribution in [0.15, 0.2) is 65.6 Å². The molecule has 0 aliphatic rings. The zero-order valence-corrected chi connectivity index (χ0v) is 13.9. The second-order valence-corrected chi connectivity index (χ2v) is 6.97. The fraction of sp³-hybridized carbons (Fsp3) is 0.125. The fourth-order valence-electron chi connectivity index (χ4n) is 1.86. The molecule has 0 spiro atoms. The molecule has 2 aromatic carbocycles. The van der Waals surface area contributed by atoms with Crippen molar-refractivity contribution in [2.45, 2.75) is 4.90 Å². The van der Waals surface area contributed by atoms with E-state index in [-0.39, 0.29) is 10.7 Å². The van der Waals surface area contributed by atoms with Crippen molar-refractivity contribution in [3.8, 4) is 0 Å². The first-order valence-corrected chi connectivity index (χ1v) is 8.50. The molecule has 0 bridgehead atoms. The summed E-state index contributed by atoms with van der Waals surface area (Å²) in [5.41, 5.74) is 6.40. The van der Waals surface area contributed by atoms with Crippen LogP contribution in [-0.2, 0) is 19.7 Å². The Labute approximate surface area is 140 Å². The van der Waals surface area contributed by atoms with E-state index in [2.05, 4.69) is 5.16 Å². The van der Waals surface area contributed by atoms with Crippen molar-refractivity contribution in [2.75, 3.05) is 13.6 Å². The number of nitrogens with one attached hydrogen (secondary N) is 1. The molecule has 8 heteroatoms. The van der Waals surface area contributed by atoms with Gasteiger partial charge in [0.05, 0.1) is 10.5 Å². The highest BCUT2D eigenvalue weighted by Gasteiger charge is 2.24. The summed E-state index contributed by atoms with van der Waals surface area (Å²) in [6.45, 7) is -0.452. The fourth-order valence-corrected chi connectivity index (χ4v) is 3.00. The highest BCUT2D eigenvalue weighted by molar-refractivity contribution is 7.89. The van der Waals surface area contributed by atoms with Crippen LogP contribution in [-0.4, -0.2) is 38.1 Å². The average Bonchev–Trinajstić information content (AvgIpc) is 2.61. The summed E-state index contributed by atoms with van der Waals surface area (Å²) in [4.78, 5) is 16.7. The summed E-state index contributed by atoms with van der Waals surface area (Å²) in [5.74, 6) is -0.631. The molecule has 0 aliphatic carbocycles. The number of rotatable bonds is 6. The largest absolute Gasteiger partial charge is 0.372 e. The van der Waals surface area contributed by atoms with Crippen LogP contribution in [0.25, 0.3) is 0 Å². The number of nitrogen functional groups attached to an aromatic ring is 1. The monoisotopic (exact) mass is 348 g/mol. The van der Waals surface area contributed by atoms with Crippen LogP contribution < -0.4 is 10.9 Å². The Morgan fingerprint density at radius 2 is 1.62 bits per heavy atom. The zero-order chi connectivity index (χ0) is 17.6. The summed E-state index contributed by atoms with van der Waals surface area (Å²) in [7, 11) is -2.46. The Balaban J connectivity index is 1.99. The number of carbonyl (C=O) groups excluding carboxylic acids is 1. The second kappa shape index (κ2) is 7.71. The number of nitrogens with two attached hydrogens (primary N) is 1. The molecule has 0 unspecified atom stereocenters. The highest BCUT2D eigenvalue weighted by Crippen LogP contribution is 2.12. The van der Waals surface area contributed by atoms with Gasteiger partial charge in [-0.15, -0.1) is 0 Å². The van der Waals surface area contributed by atoms with E-state index in [1.165, 1.54) is 19.2 Å². The van der Waals surface area contributed by atoms with Gasteiger partial charge in [0, 0.05) is 7.05 Å². The molecule has 0 fully saturated rings. The second-order valence-electron chi connectivity index (χ2n) is 4.93. The lowest BCUT2D eigenvalue weighted by molar-refractivity contribution is -0.723. The molecule has 2 rings (SSSR count). The minimum Gasteiger partial charge on any atom is -0.284 e. The van der Waals surface area contributed by atoms with Crippen molar-refractivity contribution in [1.29, 1.82) is 0 Å². The molecule has 0 aliphatic heterocycles. The number of likely N-dealkylation sites (N-methyl/N-ethyl adjacent to an activating group) is 1. The van der Waals surface area contributed by atoms with Gasteiger partial charge in [-0.2, -0.15) is 4.31 Å². The third-order valence-corrected chi connectivity index (χ3v) is 4.98. The molecule has 0 heterocycles. The van der Waals surface area contributed by atoms with Crippen molar-refractivity contribution in [3.05, 3.63) is 66.2 Å². The van der Waals surface area contributed by atoms with Crippen LogP contribution >= 0.6 is 0 Å². The lowest BCUT2D eigenvalue weighted by Crippen LogP contribution is -2.76. The van der Waals surface area contributed by atoms with E-state index in [1.807, 2.05) is 6.07 Å². The molecule has 7 nitrogen and oxygen atoms in total. The van der Waals surface area contributed by atoms with E-state index < -0.39 is 22.5 Å². The van der Waals surface area contributed by atoms with Crippen LogP contribution in [0.5, 0.6) is 0 Å². The lowest BCUT2D eigenvalue weighted by Gasteiger charge is -2.14. The van der Waals surface area contributed by atoms with Gasteiger partial charge in [-0.05, 0) is 24.3 Å². The predicted octanol–water partition coefficient (Wildman–Crippen LogP) is -0.749. The summed E-state index contributed by atoms with van der Waals surface area (Å²) in [5, 5.41) is 2.32. The number of carbonyl (C=O) groups is 1.